The van der Waals surface area contributed by atoms with E-state index in [1.165, 1.54) is 0 Å². The van der Waals surface area contributed by atoms with Gasteiger partial charge in [0, 0.05) is 85.8 Å². The molecule has 0 aliphatic heterocycles. The Morgan fingerprint density at radius 2 is 0.643 bits per heavy atom. The summed E-state index contributed by atoms with van der Waals surface area (Å²) in [5, 5.41) is 8.66. The molecule has 15 rings (SSSR count). The van der Waals surface area contributed by atoms with Crippen molar-refractivity contribution in [2.45, 2.75) is 0 Å². The summed E-state index contributed by atoms with van der Waals surface area (Å²) in [7, 11) is 0. The van der Waals surface area contributed by atoms with E-state index in [4.69, 9.17) is 15.0 Å². The summed E-state index contributed by atoms with van der Waals surface area (Å²) in [6.07, 6.45) is 11.5. The molecule has 0 bridgehead atoms. The third kappa shape index (κ3) is 5.49. The topological polar surface area (TPSA) is 97.1 Å². The van der Waals surface area contributed by atoms with Gasteiger partial charge in [-0.05, 0) is 60.7 Å². The second kappa shape index (κ2) is 14.9. The zero-order valence-corrected chi connectivity index (χ0v) is 37.3. The van der Waals surface area contributed by atoms with E-state index in [0.717, 1.165) is 115 Å². The molecule has 10 nitrogen and oxygen atoms in total. The predicted molar refractivity (Wildman–Crippen MR) is 281 cm³/mol. The van der Waals surface area contributed by atoms with Gasteiger partial charge in [-0.3, -0.25) is 19.5 Å². The summed E-state index contributed by atoms with van der Waals surface area (Å²) in [4.78, 5) is 30.6. The quantitative estimate of drug-likeness (QED) is 0.165. The van der Waals surface area contributed by atoms with Crippen LogP contribution in [0.15, 0.2) is 219 Å². The maximum absolute atomic E-state index is 5.70. The van der Waals surface area contributed by atoms with Crippen molar-refractivity contribution in [3.8, 4) is 45.8 Å². The lowest BCUT2D eigenvalue weighted by Gasteiger charge is -2.22. The SMILES string of the molecule is c1ccc(-c2nc(-c3c(-n4c5ccccc5c5cnccc54)cc(-n4c5ccccc5c5cnccc54)cc3-n3c4ccccc4c4cnccc43)nc(-n3c4ccccc4c4ccccc43)n2)cc1. The first-order valence-electron chi connectivity index (χ1n) is 23.3. The van der Waals surface area contributed by atoms with Crippen LogP contribution in [0.2, 0.25) is 0 Å². The number of fused-ring (bicyclic) bond motifs is 12. The van der Waals surface area contributed by atoms with E-state index in [2.05, 4.69) is 197 Å². The first-order chi connectivity index (χ1) is 34.8. The monoisotopic (exact) mass is 896 g/mol. The maximum atomic E-state index is 5.70. The minimum absolute atomic E-state index is 0.508. The van der Waals surface area contributed by atoms with Crippen LogP contribution >= 0.6 is 0 Å². The lowest BCUT2D eigenvalue weighted by molar-refractivity contribution is 0.949. The average molecular weight is 897 g/mol. The minimum atomic E-state index is 0.508. The molecule has 0 spiro atoms. The van der Waals surface area contributed by atoms with Crippen molar-refractivity contribution in [2.75, 3.05) is 0 Å². The fourth-order valence-corrected chi connectivity index (χ4v) is 11.0. The third-order valence-corrected chi connectivity index (χ3v) is 13.9. The molecule has 10 heteroatoms. The fraction of sp³-hybridized carbons (Fsp3) is 0. The maximum Gasteiger partial charge on any atom is 0.238 e. The van der Waals surface area contributed by atoms with E-state index in [1.807, 2.05) is 55.4 Å². The molecule has 0 saturated heterocycles. The molecule has 70 heavy (non-hydrogen) atoms. The first-order valence-corrected chi connectivity index (χ1v) is 23.3. The van der Waals surface area contributed by atoms with Crippen molar-refractivity contribution in [1.82, 2.24) is 48.2 Å². The van der Waals surface area contributed by atoms with Gasteiger partial charge in [0.05, 0.1) is 66.8 Å². The molecule has 7 aromatic carbocycles. The molecular weight excluding hydrogens is 861 g/mol. The van der Waals surface area contributed by atoms with Crippen molar-refractivity contribution in [2.24, 2.45) is 0 Å². The molecule has 0 N–H and O–H groups in total. The Bertz CT molecular complexity index is 4270. The van der Waals surface area contributed by atoms with Crippen LogP contribution in [0.3, 0.4) is 0 Å². The molecule has 0 atom stereocenters. The van der Waals surface area contributed by atoms with Gasteiger partial charge < -0.3 is 13.7 Å². The highest BCUT2D eigenvalue weighted by molar-refractivity contribution is 6.13. The Balaban J connectivity index is 1.18. The summed E-state index contributed by atoms with van der Waals surface area (Å²) >= 11 is 0. The van der Waals surface area contributed by atoms with Crippen LogP contribution in [0.5, 0.6) is 0 Å². The summed E-state index contributed by atoms with van der Waals surface area (Å²) < 4.78 is 9.28. The number of pyridine rings is 3. The normalized spacial score (nSPS) is 12.0. The van der Waals surface area contributed by atoms with Gasteiger partial charge in [-0.15, -0.1) is 0 Å². The predicted octanol–water partition coefficient (Wildman–Crippen LogP) is 13.8. The van der Waals surface area contributed by atoms with E-state index < -0.39 is 0 Å². The van der Waals surface area contributed by atoms with Crippen LogP contribution in [0.25, 0.3) is 133 Å². The van der Waals surface area contributed by atoms with Gasteiger partial charge in [0.15, 0.2) is 11.6 Å². The highest BCUT2D eigenvalue weighted by Gasteiger charge is 2.28. The van der Waals surface area contributed by atoms with Crippen LogP contribution in [0.1, 0.15) is 0 Å². The van der Waals surface area contributed by atoms with Gasteiger partial charge in [-0.2, -0.15) is 9.97 Å². The average Bonchev–Trinajstić information content (AvgIpc) is 4.16. The smallest absolute Gasteiger partial charge is 0.238 e. The van der Waals surface area contributed by atoms with E-state index in [9.17, 15) is 0 Å². The van der Waals surface area contributed by atoms with Crippen molar-refractivity contribution in [3.63, 3.8) is 0 Å². The Labute approximate surface area is 398 Å². The van der Waals surface area contributed by atoms with E-state index >= 15 is 0 Å². The Kier molecular flexibility index (Phi) is 8.13. The number of benzene rings is 7. The molecule has 0 amide bonds. The molecule has 0 aliphatic rings. The Morgan fingerprint density at radius 3 is 1.11 bits per heavy atom. The van der Waals surface area contributed by atoms with Gasteiger partial charge >= 0.3 is 0 Å². The second-order valence-electron chi connectivity index (χ2n) is 17.6. The standard InChI is InChI=1S/C60H36N10/c1-2-14-37(15-3-1)58-64-59(66-60(65-58)70-50-24-12-4-16-39(50)40-17-5-13-25-51(40)70)57-55(68-48-22-10-7-19-42(48)45-35-62-30-27-53(45)68)32-38(67-47-21-9-6-18-41(47)44-34-61-29-26-52(44)67)33-56(57)69-49-23-11-8-20-43(49)46-36-63-31-28-54(46)69/h1-36H. The van der Waals surface area contributed by atoms with Crippen LogP contribution in [0.4, 0.5) is 0 Å². The summed E-state index contributed by atoms with van der Waals surface area (Å²) in [5.74, 6) is 1.57. The minimum Gasteiger partial charge on any atom is -0.309 e. The molecular formula is C60H36N10. The van der Waals surface area contributed by atoms with Crippen LogP contribution in [0, 0.1) is 0 Å². The highest BCUT2D eigenvalue weighted by Crippen LogP contribution is 2.44. The molecule has 326 valence electrons. The van der Waals surface area contributed by atoms with Gasteiger partial charge in [0.1, 0.15) is 0 Å². The van der Waals surface area contributed by atoms with Crippen molar-refractivity contribution in [3.05, 3.63) is 219 Å². The molecule has 8 heterocycles. The number of hydrogen-bond donors (Lipinski definition) is 0. The van der Waals surface area contributed by atoms with E-state index in [0.29, 0.717) is 17.6 Å². The molecule has 0 aliphatic carbocycles. The number of para-hydroxylation sites is 5. The van der Waals surface area contributed by atoms with Gasteiger partial charge in [0.25, 0.3) is 0 Å². The van der Waals surface area contributed by atoms with Crippen molar-refractivity contribution in [1.29, 1.82) is 0 Å². The Hall–Kier alpha value is -9.80. The lowest BCUT2D eigenvalue weighted by atomic mass is 10.1. The number of nitrogens with zero attached hydrogens (tertiary/aromatic N) is 10. The van der Waals surface area contributed by atoms with Crippen LogP contribution in [-0.2, 0) is 0 Å². The van der Waals surface area contributed by atoms with Crippen molar-refractivity contribution >= 4 is 87.2 Å². The van der Waals surface area contributed by atoms with Crippen LogP contribution < -0.4 is 0 Å². The van der Waals surface area contributed by atoms with Gasteiger partial charge in [0.2, 0.25) is 5.95 Å². The largest absolute Gasteiger partial charge is 0.309 e. The molecule has 0 radical (unpaired) electrons. The summed E-state index contributed by atoms with van der Waals surface area (Å²) in [5.41, 5.74) is 12.5. The highest BCUT2D eigenvalue weighted by atomic mass is 15.2. The molecule has 8 aromatic heterocycles. The van der Waals surface area contributed by atoms with E-state index in [1.54, 1.807) is 0 Å². The molecule has 0 unspecified atom stereocenters. The van der Waals surface area contributed by atoms with Gasteiger partial charge in [-0.25, -0.2) is 4.98 Å². The zero-order valence-electron chi connectivity index (χ0n) is 37.3. The van der Waals surface area contributed by atoms with Gasteiger partial charge in [-0.1, -0.05) is 121 Å². The lowest BCUT2D eigenvalue weighted by Crippen LogP contribution is -2.11. The summed E-state index contributed by atoms with van der Waals surface area (Å²) in [6.45, 7) is 0. The summed E-state index contributed by atoms with van der Waals surface area (Å²) in [6, 6.07) is 63.8. The van der Waals surface area contributed by atoms with Crippen molar-refractivity contribution < 1.29 is 0 Å². The molecule has 0 fully saturated rings. The number of rotatable bonds is 6. The zero-order chi connectivity index (χ0) is 45.9. The Morgan fingerprint density at radius 1 is 0.286 bits per heavy atom. The third-order valence-electron chi connectivity index (χ3n) is 13.9. The first kappa shape index (κ1) is 38.3. The number of aromatic nitrogens is 10. The second-order valence-corrected chi connectivity index (χ2v) is 17.6. The molecule has 15 aromatic rings. The number of hydrogen-bond acceptors (Lipinski definition) is 6. The van der Waals surface area contributed by atoms with E-state index in [-0.39, 0.29) is 0 Å². The fourth-order valence-electron chi connectivity index (χ4n) is 11.0. The van der Waals surface area contributed by atoms with Crippen LogP contribution in [-0.4, -0.2) is 48.2 Å². The molecule has 0 saturated carbocycles.